The van der Waals surface area contributed by atoms with Crippen LogP contribution in [0.15, 0.2) is 48.5 Å². The van der Waals surface area contributed by atoms with Crippen LogP contribution in [-0.2, 0) is 14.3 Å². The highest BCUT2D eigenvalue weighted by molar-refractivity contribution is 6.30. The standard InChI is InChI=1S/C20H22ClNO4/c1-3-25-20(24)17-8-4-6-15(12-17)19(26-11-10-22-14(2)23)16-7-5-9-18(21)13-16/h4-9,12-13,19H,3,10-11H2,1-2H3,(H,22,23)/t19-/m1/s1. The van der Waals surface area contributed by atoms with Crippen LogP contribution >= 0.6 is 11.6 Å². The van der Waals surface area contributed by atoms with Crippen molar-refractivity contribution in [2.75, 3.05) is 19.8 Å². The Morgan fingerprint density at radius 1 is 1.12 bits per heavy atom. The van der Waals surface area contributed by atoms with Crippen LogP contribution in [0.5, 0.6) is 0 Å². The van der Waals surface area contributed by atoms with Gasteiger partial charge < -0.3 is 14.8 Å². The van der Waals surface area contributed by atoms with Gasteiger partial charge in [0.15, 0.2) is 0 Å². The molecule has 0 radical (unpaired) electrons. The first kappa shape index (κ1) is 19.9. The fraction of sp³-hybridized carbons (Fsp3) is 0.300. The maximum atomic E-state index is 12.0. The number of halogens is 1. The molecule has 0 aliphatic carbocycles. The average Bonchev–Trinajstić information content (AvgIpc) is 2.62. The van der Waals surface area contributed by atoms with E-state index in [4.69, 9.17) is 21.1 Å². The SMILES string of the molecule is CCOC(=O)c1cccc([C@@H](OCCNC(C)=O)c2cccc(Cl)c2)c1. The van der Waals surface area contributed by atoms with Crippen LogP contribution in [-0.4, -0.2) is 31.6 Å². The molecule has 1 atom stereocenters. The van der Waals surface area contributed by atoms with Crippen LogP contribution in [0.2, 0.25) is 5.02 Å². The first-order chi connectivity index (χ1) is 12.5. The number of nitrogens with one attached hydrogen (secondary N) is 1. The van der Waals surface area contributed by atoms with Gasteiger partial charge in [-0.2, -0.15) is 0 Å². The third kappa shape index (κ3) is 5.86. The zero-order chi connectivity index (χ0) is 18.9. The van der Waals surface area contributed by atoms with Gasteiger partial charge in [-0.05, 0) is 42.3 Å². The number of hydrogen-bond donors (Lipinski definition) is 1. The largest absolute Gasteiger partial charge is 0.462 e. The summed E-state index contributed by atoms with van der Waals surface area (Å²) in [5, 5.41) is 3.29. The molecule has 1 N–H and O–H groups in total. The van der Waals surface area contributed by atoms with Gasteiger partial charge in [0.1, 0.15) is 6.10 Å². The summed E-state index contributed by atoms with van der Waals surface area (Å²) in [6.45, 7) is 4.25. The predicted octanol–water partition coefficient (Wildman–Crippen LogP) is 3.76. The van der Waals surface area contributed by atoms with Crippen molar-refractivity contribution in [3.63, 3.8) is 0 Å². The van der Waals surface area contributed by atoms with E-state index in [0.29, 0.717) is 30.3 Å². The summed E-state index contributed by atoms with van der Waals surface area (Å²) in [4.78, 5) is 23.0. The number of hydrogen-bond acceptors (Lipinski definition) is 4. The summed E-state index contributed by atoms with van der Waals surface area (Å²) in [7, 11) is 0. The molecule has 138 valence electrons. The van der Waals surface area contributed by atoms with Crippen molar-refractivity contribution >= 4 is 23.5 Å². The van der Waals surface area contributed by atoms with E-state index in [9.17, 15) is 9.59 Å². The normalized spacial score (nSPS) is 11.7. The van der Waals surface area contributed by atoms with Gasteiger partial charge >= 0.3 is 5.97 Å². The zero-order valence-corrected chi connectivity index (χ0v) is 15.6. The molecule has 2 aromatic carbocycles. The number of benzene rings is 2. The van der Waals surface area contributed by atoms with Crippen molar-refractivity contribution in [3.8, 4) is 0 Å². The molecule has 0 aliphatic heterocycles. The summed E-state index contributed by atoms with van der Waals surface area (Å²) in [5.74, 6) is -0.491. The minimum atomic E-state index is -0.420. The molecule has 0 fully saturated rings. The van der Waals surface area contributed by atoms with Crippen LogP contribution in [0, 0.1) is 0 Å². The molecule has 0 heterocycles. The number of amides is 1. The Hall–Kier alpha value is -2.37. The maximum Gasteiger partial charge on any atom is 0.338 e. The molecule has 2 aromatic rings. The van der Waals surface area contributed by atoms with Gasteiger partial charge in [0.25, 0.3) is 0 Å². The Morgan fingerprint density at radius 2 is 1.81 bits per heavy atom. The molecule has 0 bridgehead atoms. The highest BCUT2D eigenvalue weighted by Gasteiger charge is 2.17. The van der Waals surface area contributed by atoms with Gasteiger partial charge in [-0.3, -0.25) is 4.79 Å². The van der Waals surface area contributed by atoms with Crippen LogP contribution in [0.1, 0.15) is 41.4 Å². The number of carbonyl (C=O) groups is 2. The number of carbonyl (C=O) groups excluding carboxylic acids is 2. The predicted molar refractivity (Wildman–Crippen MR) is 100 cm³/mol. The molecule has 5 nitrogen and oxygen atoms in total. The zero-order valence-electron chi connectivity index (χ0n) is 14.8. The lowest BCUT2D eigenvalue weighted by Crippen LogP contribution is -2.25. The Balaban J connectivity index is 2.26. The van der Waals surface area contributed by atoms with Gasteiger partial charge in [-0.25, -0.2) is 4.79 Å². The summed E-state index contributed by atoms with van der Waals surface area (Å²) in [6.07, 6.45) is -0.420. The third-order valence-electron chi connectivity index (χ3n) is 3.61. The van der Waals surface area contributed by atoms with E-state index in [-0.39, 0.29) is 11.9 Å². The highest BCUT2D eigenvalue weighted by Crippen LogP contribution is 2.28. The van der Waals surface area contributed by atoms with E-state index in [2.05, 4.69) is 5.32 Å². The molecule has 26 heavy (non-hydrogen) atoms. The number of esters is 1. The van der Waals surface area contributed by atoms with E-state index >= 15 is 0 Å². The second-order valence-corrected chi connectivity index (χ2v) is 6.07. The Labute approximate surface area is 158 Å². The number of ether oxygens (including phenoxy) is 2. The van der Waals surface area contributed by atoms with Crippen LogP contribution in [0.25, 0.3) is 0 Å². The molecule has 0 spiro atoms. The Bertz CT molecular complexity index is 763. The van der Waals surface area contributed by atoms with Crippen molar-refractivity contribution in [2.24, 2.45) is 0 Å². The first-order valence-corrected chi connectivity index (χ1v) is 8.77. The lowest BCUT2D eigenvalue weighted by molar-refractivity contribution is -0.119. The molecule has 0 unspecified atom stereocenters. The molecule has 0 aromatic heterocycles. The van der Waals surface area contributed by atoms with Gasteiger partial charge in [-0.15, -0.1) is 0 Å². The molecule has 0 saturated carbocycles. The molecule has 0 saturated heterocycles. The maximum absolute atomic E-state index is 12.0. The third-order valence-corrected chi connectivity index (χ3v) is 3.85. The smallest absolute Gasteiger partial charge is 0.338 e. The van der Waals surface area contributed by atoms with Gasteiger partial charge in [0, 0.05) is 18.5 Å². The van der Waals surface area contributed by atoms with E-state index < -0.39 is 6.10 Å². The molecular formula is C20H22ClNO4. The Morgan fingerprint density at radius 3 is 2.46 bits per heavy atom. The summed E-state index contributed by atoms with van der Waals surface area (Å²) < 4.78 is 11.1. The monoisotopic (exact) mass is 375 g/mol. The average molecular weight is 376 g/mol. The van der Waals surface area contributed by atoms with E-state index in [1.54, 1.807) is 31.2 Å². The van der Waals surface area contributed by atoms with Crippen LogP contribution in [0.3, 0.4) is 0 Å². The van der Waals surface area contributed by atoms with Gasteiger partial charge in [-0.1, -0.05) is 35.9 Å². The fourth-order valence-corrected chi connectivity index (χ4v) is 2.70. The van der Waals surface area contributed by atoms with Crippen molar-refractivity contribution in [1.82, 2.24) is 5.32 Å². The molecule has 1 amide bonds. The molecule has 0 aliphatic rings. The fourth-order valence-electron chi connectivity index (χ4n) is 2.50. The first-order valence-electron chi connectivity index (χ1n) is 8.40. The van der Waals surface area contributed by atoms with Crippen molar-refractivity contribution < 1.29 is 19.1 Å². The lowest BCUT2D eigenvalue weighted by Gasteiger charge is -2.20. The minimum absolute atomic E-state index is 0.114. The van der Waals surface area contributed by atoms with Crippen LogP contribution in [0.4, 0.5) is 0 Å². The van der Waals surface area contributed by atoms with Gasteiger partial charge in [0.2, 0.25) is 5.91 Å². The highest BCUT2D eigenvalue weighted by atomic mass is 35.5. The van der Waals surface area contributed by atoms with E-state index in [1.165, 1.54) is 6.92 Å². The van der Waals surface area contributed by atoms with E-state index in [1.807, 2.05) is 24.3 Å². The lowest BCUT2D eigenvalue weighted by atomic mass is 9.99. The van der Waals surface area contributed by atoms with E-state index in [0.717, 1.165) is 11.1 Å². The molecule has 6 heteroatoms. The summed E-state index contributed by atoms with van der Waals surface area (Å²) in [5.41, 5.74) is 2.13. The minimum Gasteiger partial charge on any atom is -0.462 e. The summed E-state index contributed by atoms with van der Waals surface area (Å²) >= 11 is 6.12. The molecule has 2 rings (SSSR count). The number of rotatable bonds is 8. The van der Waals surface area contributed by atoms with Crippen LogP contribution < -0.4 is 5.32 Å². The second kappa shape index (κ2) is 9.94. The van der Waals surface area contributed by atoms with Crippen molar-refractivity contribution in [3.05, 3.63) is 70.2 Å². The quantitative estimate of drug-likeness (QED) is 0.563. The summed E-state index contributed by atoms with van der Waals surface area (Å²) in [6, 6.07) is 14.5. The van der Waals surface area contributed by atoms with Crippen molar-refractivity contribution in [2.45, 2.75) is 20.0 Å². The Kier molecular flexibility index (Phi) is 7.63. The second-order valence-electron chi connectivity index (χ2n) is 5.63. The molecular weight excluding hydrogens is 354 g/mol. The van der Waals surface area contributed by atoms with Gasteiger partial charge in [0.05, 0.1) is 18.8 Å². The topological polar surface area (TPSA) is 64.6 Å². The van der Waals surface area contributed by atoms with Crippen molar-refractivity contribution in [1.29, 1.82) is 0 Å².